The molecule has 0 heterocycles. The Morgan fingerprint density at radius 1 is 1.18 bits per heavy atom. The van der Waals surface area contributed by atoms with Gasteiger partial charge >= 0.3 is 0 Å². The second-order valence-electron chi connectivity index (χ2n) is 5.62. The molecule has 1 saturated carbocycles. The van der Waals surface area contributed by atoms with Gasteiger partial charge in [-0.1, -0.05) is 18.2 Å². The van der Waals surface area contributed by atoms with Crippen molar-refractivity contribution in [2.75, 3.05) is 5.32 Å². The van der Waals surface area contributed by atoms with Crippen LogP contribution in [0.5, 0.6) is 0 Å². The molecular formula is C15H13N2O5-. The first-order chi connectivity index (χ1) is 10.5. The number of aliphatic carboxylic acids is 1. The average molecular weight is 301 g/mol. The Balaban J connectivity index is 1.80. The number of nitrogens with zero attached hydrogens (tertiary/aromatic N) is 1. The molecule has 0 spiro atoms. The van der Waals surface area contributed by atoms with Crippen LogP contribution in [0, 0.1) is 33.8 Å². The molecule has 7 nitrogen and oxygen atoms in total. The number of non-ortho nitro benzene ring substituents is 1. The third-order valence-corrected chi connectivity index (χ3v) is 4.36. The van der Waals surface area contributed by atoms with E-state index in [-0.39, 0.29) is 23.2 Å². The van der Waals surface area contributed by atoms with Gasteiger partial charge in [0.2, 0.25) is 5.91 Å². The SMILES string of the molecule is O=C([O-])[C@@H]1[C@H](C(=O)Nc2cccc([N+](=O)[O-])c2)[C@@H]2C=C[C@H]1C2. The monoisotopic (exact) mass is 301 g/mol. The van der Waals surface area contributed by atoms with Crippen LogP contribution in [0.25, 0.3) is 0 Å². The molecule has 1 fully saturated rings. The van der Waals surface area contributed by atoms with E-state index >= 15 is 0 Å². The molecule has 1 amide bonds. The van der Waals surface area contributed by atoms with Crippen LogP contribution in [0.15, 0.2) is 36.4 Å². The minimum Gasteiger partial charge on any atom is -0.550 e. The van der Waals surface area contributed by atoms with Crippen molar-refractivity contribution < 1.29 is 19.6 Å². The molecule has 0 unspecified atom stereocenters. The van der Waals surface area contributed by atoms with E-state index in [9.17, 15) is 24.8 Å². The molecule has 0 saturated heterocycles. The molecule has 3 rings (SSSR count). The Labute approximate surface area is 125 Å². The molecule has 114 valence electrons. The van der Waals surface area contributed by atoms with Gasteiger partial charge in [0.25, 0.3) is 5.69 Å². The molecule has 0 radical (unpaired) electrons. The number of benzene rings is 1. The molecule has 22 heavy (non-hydrogen) atoms. The summed E-state index contributed by atoms with van der Waals surface area (Å²) in [6.45, 7) is 0. The largest absolute Gasteiger partial charge is 0.550 e. The predicted molar refractivity (Wildman–Crippen MR) is 74.5 cm³/mol. The topological polar surface area (TPSA) is 112 Å². The van der Waals surface area contributed by atoms with Gasteiger partial charge in [0.15, 0.2) is 0 Å². The van der Waals surface area contributed by atoms with Crippen LogP contribution in [-0.2, 0) is 9.59 Å². The van der Waals surface area contributed by atoms with Crippen LogP contribution >= 0.6 is 0 Å². The summed E-state index contributed by atoms with van der Waals surface area (Å²) >= 11 is 0. The van der Waals surface area contributed by atoms with Crippen LogP contribution in [0.1, 0.15) is 6.42 Å². The fourth-order valence-electron chi connectivity index (χ4n) is 3.42. The zero-order valence-corrected chi connectivity index (χ0v) is 11.5. The van der Waals surface area contributed by atoms with E-state index < -0.39 is 28.6 Å². The van der Waals surface area contributed by atoms with E-state index in [0.29, 0.717) is 6.42 Å². The van der Waals surface area contributed by atoms with Crippen LogP contribution in [0.3, 0.4) is 0 Å². The number of nitro benzene ring substituents is 1. The molecule has 0 aliphatic heterocycles. The fraction of sp³-hybridized carbons (Fsp3) is 0.333. The maximum Gasteiger partial charge on any atom is 0.271 e. The molecule has 0 aromatic heterocycles. The Bertz CT molecular complexity index is 684. The number of carbonyl (C=O) groups is 2. The van der Waals surface area contributed by atoms with E-state index in [2.05, 4.69) is 5.32 Å². The van der Waals surface area contributed by atoms with Gasteiger partial charge in [0.05, 0.1) is 10.8 Å². The number of hydrogen-bond donors (Lipinski definition) is 1. The highest BCUT2D eigenvalue weighted by Crippen LogP contribution is 2.48. The number of hydrogen-bond acceptors (Lipinski definition) is 5. The number of rotatable bonds is 4. The first-order valence-electron chi connectivity index (χ1n) is 6.92. The summed E-state index contributed by atoms with van der Waals surface area (Å²) in [5.74, 6) is -3.49. The van der Waals surface area contributed by atoms with Crippen LogP contribution in [-0.4, -0.2) is 16.8 Å². The maximum atomic E-state index is 12.4. The normalized spacial score (nSPS) is 28.5. The van der Waals surface area contributed by atoms with Crippen molar-refractivity contribution in [3.8, 4) is 0 Å². The van der Waals surface area contributed by atoms with Gasteiger partial charge in [-0.25, -0.2) is 0 Å². The summed E-state index contributed by atoms with van der Waals surface area (Å²) in [7, 11) is 0. The number of carboxylic acids is 1. The van der Waals surface area contributed by atoms with Crippen molar-refractivity contribution in [3.63, 3.8) is 0 Å². The third-order valence-electron chi connectivity index (χ3n) is 4.36. The summed E-state index contributed by atoms with van der Waals surface area (Å²) < 4.78 is 0. The van der Waals surface area contributed by atoms with Crippen LogP contribution in [0.2, 0.25) is 0 Å². The third kappa shape index (κ3) is 2.34. The molecule has 1 N–H and O–H groups in total. The minimum atomic E-state index is -1.23. The number of nitrogens with one attached hydrogen (secondary N) is 1. The Morgan fingerprint density at radius 2 is 1.86 bits per heavy atom. The lowest BCUT2D eigenvalue weighted by Gasteiger charge is -2.27. The molecule has 7 heteroatoms. The second-order valence-corrected chi connectivity index (χ2v) is 5.62. The van der Waals surface area contributed by atoms with Crippen molar-refractivity contribution in [1.82, 2.24) is 0 Å². The summed E-state index contributed by atoms with van der Waals surface area (Å²) in [4.78, 5) is 33.9. The summed E-state index contributed by atoms with van der Waals surface area (Å²) in [6.07, 6.45) is 4.32. The molecule has 2 bridgehead atoms. The van der Waals surface area contributed by atoms with Crippen LogP contribution in [0.4, 0.5) is 11.4 Å². The summed E-state index contributed by atoms with van der Waals surface area (Å²) in [6, 6.07) is 5.56. The number of amides is 1. The van der Waals surface area contributed by atoms with Gasteiger partial charge in [0, 0.05) is 29.7 Å². The maximum absolute atomic E-state index is 12.4. The van der Waals surface area contributed by atoms with E-state index in [1.807, 2.05) is 12.2 Å². The molecule has 4 atom stereocenters. The minimum absolute atomic E-state index is 0.119. The quantitative estimate of drug-likeness (QED) is 0.500. The summed E-state index contributed by atoms with van der Waals surface area (Å²) in [5.41, 5.74) is 0.144. The second kappa shape index (κ2) is 5.25. The van der Waals surface area contributed by atoms with Crippen molar-refractivity contribution in [3.05, 3.63) is 46.5 Å². The van der Waals surface area contributed by atoms with E-state index in [1.165, 1.54) is 24.3 Å². The number of allylic oxidation sites excluding steroid dienone is 2. The molecule has 1 aromatic carbocycles. The Kier molecular flexibility index (Phi) is 3.40. The van der Waals surface area contributed by atoms with Gasteiger partial charge in [-0.3, -0.25) is 14.9 Å². The highest BCUT2D eigenvalue weighted by atomic mass is 16.6. The van der Waals surface area contributed by atoms with Crippen molar-refractivity contribution in [1.29, 1.82) is 0 Å². The molecular weight excluding hydrogens is 288 g/mol. The van der Waals surface area contributed by atoms with E-state index in [4.69, 9.17) is 0 Å². The number of anilines is 1. The predicted octanol–water partition coefficient (Wildman–Crippen LogP) is 0.721. The Morgan fingerprint density at radius 3 is 2.50 bits per heavy atom. The van der Waals surface area contributed by atoms with Crippen molar-refractivity contribution >= 4 is 23.3 Å². The highest BCUT2D eigenvalue weighted by molar-refractivity contribution is 5.96. The Hall–Kier alpha value is -2.70. The lowest BCUT2D eigenvalue weighted by atomic mass is 9.82. The molecule has 1 aromatic rings. The first kappa shape index (κ1) is 14.2. The standard InChI is InChI=1S/C15H14N2O5/c18-14(16-10-2-1-3-11(7-10)17(21)22)12-8-4-5-9(6-8)13(12)15(19)20/h1-5,7-9,12-13H,6H2,(H,16,18)(H,19,20)/p-1/t8-,9+,12-,13+/m1/s1. The molecule has 2 aliphatic rings. The lowest BCUT2D eigenvalue weighted by Crippen LogP contribution is -2.42. The highest BCUT2D eigenvalue weighted by Gasteiger charge is 2.48. The zero-order valence-electron chi connectivity index (χ0n) is 11.5. The first-order valence-corrected chi connectivity index (χ1v) is 6.92. The van der Waals surface area contributed by atoms with Crippen molar-refractivity contribution in [2.45, 2.75) is 6.42 Å². The van der Waals surface area contributed by atoms with E-state index in [0.717, 1.165) is 0 Å². The summed E-state index contributed by atoms with van der Waals surface area (Å²) in [5, 5.41) is 24.6. The van der Waals surface area contributed by atoms with E-state index in [1.54, 1.807) is 0 Å². The van der Waals surface area contributed by atoms with Gasteiger partial charge in [-0.05, 0) is 24.3 Å². The van der Waals surface area contributed by atoms with Crippen molar-refractivity contribution in [2.24, 2.45) is 23.7 Å². The van der Waals surface area contributed by atoms with Gasteiger partial charge < -0.3 is 15.2 Å². The molecule has 2 aliphatic carbocycles. The smallest absolute Gasteiger partial charge is 0.271 e. The number of carbonyl (C=O) groups excluding carboxylic acids is 2. The number of nitro groups is 1. The number of fused-ring (bicyclic) bond motifs is 2. The fourth-order valence-corrected chi connectivity index (χ4v) is 3.42. The van der Waals surface area contributed by atoms with Gasteiger partial charge in [-0.2, -0.15) is 0 Å². The zero-order chi connectivity index (χ0) is 15.9. The van der Waals surface area contributed by atoms with Gasteiger partial charge in [-0.15, -0.1) is 0 Å². The van der Waals surface area contributed by atoms with Crippen LogP contribution < -0.4 is 10.4 Å². The number of carboxylic acid groups (broad SMARTS) is 1. The lowest BCUT2D eigenvalue weighted by molar-refractivity contribution is -0.384. The average Bonchev–Trinajstić information content (AvgIpc) is 3.07. The van der Waals surface area contributed by atoms with Gasteiger partial charge in [0.1, 0.15) is 0 Å².